The fourth-order valence-electron chi connectivity index (χ4n) is 2.39. The van der Waals surface area contributed by atoms with Crippen molar-refractivity contribution in [1.29, 1.82) is 0 Å². The maximum atomic E-state index is 12.2. The number of rotatable bonds is 2. The third-order valence-corrected chi connectivity index (χ3v) is 3.70. The van der Waals surface area contributed by atoms with E-state index in [1.54, 1.807) is 31.2 Å². The predicted octanol–water partition coefficient (Wildman–Crippen LogP) is 1.99. The van der Waals surface area contributed by atoms with Crippen LogP contribution in [0.15, 0.2) is 24.3 Å². The average molecular weight is 277 g/mol. The second-order valence-electron chi connectivity index (χ2n) is 5.41. The molecule has 2 amide bonds. The summed E-state index contributed by atoms with van der Waals surface area (Å²) in [6.45, 7) is 2.44. The zero-order valence-corrected chi connectivity index (χ0v) is 11.4. The van der Waals surface area contributed by atoms with Crippen molar-refractivity contribution in [1.82, 2.24) is 4.90 Å². The second-order valence-corrected chi connectivity index (χ2v) is 5.41. The molecule has 1 heterocycles. The Morgan fingerprint density at radius 1 is 1.40 bits per heavy atom. The van der Waals surface area contributed by atoms with Crippen molar-refractivity contribution in [3.05, 3.63) is 24.3 Å². The molecule has 6 heteroatoms. The average Bonchev–Trinajstić information content (AvgIpc) is 2.41. The van der Waals surface area contributed by atoms with Crippen LogP contribution >= 0.6 is 0 Å². The largest absolute Gasteiger partial charge is 0.481 e. The van der Waals surface area contributed by atoms with E-state index in [1.165, 1.54) is 4.90 Å². The predicted molar refractivity (Wildman–Crippen MR) is 76.4 cm³/mol. The van der Waals surface area contributed by atoms with Crippen LogP contribution in [0.4, 0.5) is 16.2 Å². The number of aliphatic carboxylic acids is 1. The third-order valence-electron chi connectivity index (χ3n) is 3.70. The number of nitrogens with two attached hydrogens (primary N) is 1. The molecule has 1 unspecified atom stereocenters. The lowest BCUT2D eigenvalue weighted by Gasteiger charge is -2.37. The first-order valence-electron chi connectivity index (χ1n) is 6.56. The molecule has 0 spiro atoms. The molecule has 1 fully saturated rings. The van der Waals surface area contributed by atoms with Gasteiger partial charge in [0.1, 0.15) is 0 Å². The highest BCUT2D eigenvalue weighted by Gasteiger charge is 2.39. The molecular formula is C14H19N3O3. The van der Waals surface area contributed by atoms with Crippen LogP contribution in [-0.2, 0) is 4.79 Å². The van der Waals surface area contributed by atoms with Crippen molar-refractivity contribution < 1.29 is 14.7 Å². The van der Waals surface area contributed by atoms with E-state index in [-0.39, 0.29) is 12.6 Å². The number of anilines is 2. The molecule has 1 saturated heterocycles. The van der Waals surface area contributed by atoms with E-state index in [4.69, 9.17) is 5.73 Å². The lowest BCUT2D eigenvalue weighted by Crippen LogP contribution is -2.49. The maximum Gasteiger partial charge on any atom is 0.321 e. The summed E-state index contributed by atoms with van der Waals surface area (Å²) < 4.78 is 0. The summed E-state index contributed by atoms with van der Waals surface area (Å²) in [5.41, 5.74) is 5.92. The second kappa shape index (κ2) is 5.40. The van der Waals surface area contributed by atoms with Crippen LogP contribution < -0.4 is 11.1 Å². The molecule has 0 saturated carbocycles. The lowest BCUT2D eigenvalue weighted by atomic mass is 9.82. The topological polar surface area (TPSA) is 95.7 Å². The quantitative estimate of drug-likeness (QED) is 0.720. The number of carboxylic acids is 1. The highest BCUT2D eigenvalue weighted by atomic mass is 16.4. The summed E-state index contributed by atoms with van der Waals surface area (Å²) in [7, 11) is 0. The molecule has 4 N–H and O–H groups in total. The summed E-state index contributed by atoms with van der Waals surface area (Å²) in [6, 6.07) is 6.67. The number of piperidine rings is 1. The van der Waals surface area contributed by atoms with Gasteiger partial charge in [-0.1, -0.05) is 12.1 Å². The number of hydrogen-bond donors (Lipinski definition) is 3. The Balaban J connectivity index is 2.06. The number of carboxylic acid groups (broad SMARTS) is 1. The number of nitrogens with zero attached hydrogens (tertiary/aromatic N) is 1. The molecule has 6 nitrogen and oxygen atoms in total. The summed E-state index contributed by atoms with van der Waals surface area (Å²) in [6.07, 6.45) is 1.26. The maximum absolute atomic E-state index is 12.2. The minimum atomic E-state index is -0.877. The summed E-state index contributed by atoms with van der Waals surface area (Å²) in [5.74, 6) is -0.866. The van der Waals surface area contributed by atoms with E-state index in [0.717, 1.165) is 0 Å². The molecule has 1 aromatic rings. The fraction of sp³-hybridized carbons (Fsp3) is 0.429. The molecule has 0 bridgehead atoms. The summed E-state index contributed by atoms with van der Waals surface area (Å²) in [5, 5.41) is 12.0. The van der Waals surface area contributed by atoms with Crippen LogP contribution in [0, 0.1) is 5.41 Å². The Hall–Kier alpha value is -2.24. The van der Waals surface area contributed by atoms with Crippen LogP contribution in [0.2, 0.25) is 0 Å². The molecule has 20 heavy (non-hydrogen) atoms. The Labute approximate surface area is 117 Å². The van der Waals surface area contributed by atoms with E-state index in [9.17, 15) is 14.7 Å². The van der Waals surface area contributed by atoms with Crippen molar-refractivity contribution in [2.24, 2.45) is 5.41 Å². The third kappa shape index (κ3) is 2.84. The molecule has 108 valence electrons. The monoisotopic (exact) mass is 277 g/mol. The molecule has 2 rings (SSSR count). The standard InChI is InChI=1S/C14H19N3O3/c1-14(12(18)19)7-4-8-17(9-14)13(20)16-11-6-3-2-5-10(11)15/h2-3,5-6H,4,7-9,15H2,1H3,(H,16,20)(H,18,19). The smallest absolute Gasteiger partial charge is 0.321 e. The van der Waals surface area contributed by atoms with E-state index in [2.05, 4.69) is 5.32 Å². The van der Waals surface area contributed by atoms with Gasteiger partial charge in [-0.2, -0.15) is 0 Å². The molecule has 0 aliphatic carbocycles. The molecule has 1 aromatic carbocycles. The van der Waals surface area contributed by atoms with Gasteiger partial charge in [-0.05, 0) is 31.9 Å². The number of para-hydroxylation sites is 2. The number of likely N-dealkylation sites (tertiary alicyclic amines) is 1. The van der Waals surface area contributed by atoms with Gasteiger partial charge in [-0.3, -0.25) is 4.79 Å². The fourth-order valence-corrected chi connectivity index (χ4v) is 2.39. The van der Waals surface area contributed by atoms with Gasteiger partial charge in [0.05, 0.1) is 16.8 Å². The molecule has 1 aliphatic rings. The number of benzene rings is 1. The Morgan fingerprint density at radius 3 is 2.75 bits per heavy atom. The Kier molecular flexibility index (Phi) is 3.83. The van der Waals surface area contributed by atoms with Crippen molar-refractivity contribution in [3.8, 4) is 0 Å². The number of urea groups is 1. The van der Waals surface area contributed by atoms with Gasteiger partial charge in [-0.25, -0.2) is 4.79 Å². The minimum absolute atomic E-state index is 0.209. The number of hydrogen-bond acceptors (Lipinski definition) is 3. The van der Waals surface area contributed by atoms with Gasteiger partial charge in [0.25, 0.3) is 0 Å². The van der Waals surface area contributed by atoms with E-state index < -0.39 is 11.4 Å². The van der Waals surface area contributed by atoms with E-state index in [1.807, 2.05) is 0 Å². The number of carbonyl (C=O) groups is 2. The summed E-state index contributed by atoms with van der Waals surface area (Å²) >= 11 is 0. The molecule has 0 radical (unpaired) electrons. The van der Waals surface area contributed by atoms with Gasteiger partial charge in [0.2, 0.25) is 0 Å². The number of carbonyl (C=O) groups excluding carboxylic acids is 1. The first-order chi connectivity index (χ1) is 9.42. The molecule has 1 aliphatic heterocycles. The highest BCUT2D eigenvalue weighted by molar-refractivity contribution is 5.93. The van der Waals surface area contributed by atoms with Crippen molar-refractivity contribution in [2.45, 2.75) is 19.8 Å². The van der Waals surface area contributed by atoms with Crippen LogP contribution in [0.5, 0.6) is 0 Å². The minimum Gasteiger partial charge on any atom is -0.481 e. The molecule has 0 aromatic heterocycles. The van der Waals surface area contributed by atoms with Crippen molar-refractivity contribution in [3.63, 3.8) is 0 Å². The number of amides is 2. The van der Waals surface area contributed by atoms with Gasteiger partial charge in [-0.15, -0.1) is 0 Å². The van der Waals surface area contributed by atoms with E-state index in [0.29, 0.717) is 30.8 Å². The van der Waals surface area contributed by atoms with Crippen LogP contribution in [-0.4, -0.2) is 35.1 Å². The van der Waals surface area contributed by atoms with Gasteiger partial charge < -0.3 is 21.1 Å². The van der Waals surface area contributed by atoms with E-state index >= 15 is 0 Å². The van der Waals surface area contributed by atoms with Gasteiger partial charge in [0.15, 0.2) is 0 Å². The van der Waals surface area contributed by atoms with Gasteiger partial charge >= 0.3 is 12.0 Å². The number of nitrogen functional groups attached to an aromatic ring is 1. The first-order valence-corrected chi connectivity index (χ1v) is 6.56. The first kappa shape index (κ1) is 14.2. The lowest BCUT2D eigenvalue weighted by molar-refractivity contribution is -0.150. The van der Waals surface area contributed by atoms with Crippen LogP contribution in [0.1, 0.15) is 19.8 Å². The SMILES string of the molecule is CC1(C(=O)O)CCCN(C(=O)Nc2ccccc2N)C1. The molecular weight excluding hydrogens is 258 g/mol. The normalized spacial score (nSPS) is 22.4. The Morgan fingerprint density at radius 2 is 2.10 bits per heavy atom. The summed E-state index contributed by atoms with van der Waals surface area (Å²) in [4.78, 5) is 25.0. The zero-order valence-electron chi connectivity index (χ0n) is 11.4. The van der Waals surface area contributed by atoms with Crippen LogP contribution in [0.3, 0.4) is 0 Å². The van der Waals surface area contributed by atoms with Crippen molar-refractivity contribution >= 4 is 23.4 Å². The Bertz CT molecular complexity index is 532. The van der Waals surface area contributed by atoms with Crippen LogP contribution in [0.25, 0.3) is 0 Å². The zero-order chi connectivity index (χ0) is 14.8. The number of nitrogens with one attached hydrogen (secondary N) is 1. The van der Waals surface area contributed by atoms with Crippen molar-refractivity contribution in [2.75, 3.05) is 24.1 Å². The molecule has 1 atom stereocenters. The van der Waals surface area contributed by atoms with Gasteiger partial charge in [0, 0.05) is 13.1 Å². The highest BCUT2D eigenvalue weighted by Crippen LogP contribution is 2.30.